The summed E-state index contributed by atoms with van der Waals surface area (Å²) in [7, 11) is 0. The average Bonchev–Trinajstić information content (AvgIpc) is 3.06. The van der Waals surface area contributed by atoms with E-state index in [0.717, 1.165) is 35.6 Å². The van der Waals surface area contributed by atoms with Gasteiger partial charge in [-0.15, -0.1) is 0 Å². The van der Waals surface area contributed by atoms with Crippen LogP contribution in [0.15, 0.2) is 30.3 Å². The van der Waals surface area contributed by atoms with Gasteiger partial charge in [0.05, 0.1) is 25.7 Å². The Balaban J connectivity index is 1.78. The number of aromatic nitrogens is 1. The molecular weight excluding hydrogens is 454 g/mol. The lowest BCUT2D eigenvalue weighted by atomic mass is 10.0. The van der Waals surface area contributed by atoms with Gasteiger partial charge in [-0.25, -0.2) is 13.8 Å². The lowest BCUT2D eigenvalue weighted by molar-refractivity contribution is -0.384. The molecule has 0 spiro atoms. The minimum absolute atomic E-state index is 0.0309. The Kier molecular flexibility index (Phi) is 6.46. The number of non-ortho nitro benzene ring substituents is 1. The van der Waals surface area contributed by atoms with E-state index in [1.165, 1.54) is 6.07 Å². The van der Waals surface area contributed by atoms with Crippen LogP contribution in [0.25, 0.3) is 10.2 Å². The van der Waals surface area contributed by atoms with E-state index in [1.807, 2.05) is 0 Å². The number of hydrogen-bond donors (Lipinski definition) is 2. The third-order valence-corrected chi connectivity index (χ3v) is 5.55. The van der Waals surface area contributed by atoms with Crippen molar-refractivity contribution in [1.82, 2.24) is 10.3 Å². The molecule has 3 rings (SSSR count). The second-order valence-electron chi connectivity index (χ2n) is 6.86. The van der Waals surface area contributed by atoms with Crippen molar-refractivity contribution in [2.75, 3.05) is 5.32 Å². The zero-order valence-corrected chi connectivity index (χ0v) is 17.7. The molecule has 0 aliphatic rings. The van der Waals surface area contributed by atoms with Crippen LogP contribution in [0, 0.1) is 27.7 Å². The largest absolute Gasteiger partial charge is 0.340 e. The first kappa shape index (κ1) is 22.5. The summed E-state index contributed by atoms with van der Waals surface area (Å²) >= 11 is 6.93. The predicted molar refractivity (Wildman–Crippen MR) is 112 cm³/mol. The van der Waals surface area contributed by atoms with Crippen molar-refractivity contribution in [3.63, 3.8) is 0 Å². The molecule has 0 aliphatic heterocycles. The fraction of sp³-hybridized carbons (Fsp3) is 0.211. The summed E-state index contributed by atoms with van der Waals surface area (Å²) in [6, 6.07) is 4.28. The second-order valence-corrected chi connectivity index (χ2v) is 8.30. The summed E-state index contributed by atoms with van der Waals surface area (Å²) in [6.07, 6.45) is 0. The van der Waals surface area contributed by atoms with Crippen molar-refractivity contribution in [3.05, 3.63) is 62.7 Å². The second kappa shape index (κ2) is 8.90. The summed E-state index contributed by atoms with van der Waals surface area (Å²) < 4.78 is 27.1. The Bertz CT molecular complexity index is 1160. The van der Waals surface area contributed by atoms with Crippen LogP contribution < -0.4 is 10.6 Å². The highest BCUT2D eigenvalue weighted by Gasteiger charge is 2.27. The van der Waals surface area contributed by atoms with E-state index in [-0.39, 0.29) is 32.8 Å². The fourth-order valence-electron chi connectivity index (χ4n) is 2.72. The van der Waals surface area contributed by atoms with Crippen LogP contribution in [-0.4, -0.2) is 27.8 Å². The lowest BCUT2D eigenvalue weighted by Crippen LogP contribution is -2.47. The summed E-state index contributed by atoms with van der Waals surface area (Å²) in [5, 5.41) is 15.9. The monoisotopic (exact) mass is 468 g/mol. The number of halogens is 3. The minimum atomic E-state index is -1.05. The average molecular weight is 469 g/mol. The molecule has 8 nitrogen and oxygen atoms in total. The molecule has 1 heterocycles. The molecule has 2 aromatic carbocycles. The molecule has 1 atom stereocenters. The smallest absolute Gasteiger partial charge is 0.270 e. The number of thiazole rings is 1. The van der Waals surface area contributed by atoms with Crippen molar-refractivity contribution in [3.8, 4) is 0 Å². The van der Waals surface area contributed by atoms with Gasteiger partial charge in [-0.2, -0.15) is 0 Å². The molecule has 0 aliphatic carbocycles. The molecule has 2 amide bonds. The van der Waals surface area contributed by atoms with Gasteiger partial charge in [0.15, 0.2) is 16.8 Å². The Morgan fingerprint density at radius 2 is 1.87 bits per heavy atom. The van der Waals surface area contributed by atoms with Crippen molar-refractivity contribution in [2.24, 2.45) is 5.92 Å². The number of amides is 2. The standard InChI is InChI=1S/C19H15ClF2N4O4S/c1-8(2)16(24-17(27)10-4-3-9(26(29)30)5-11(10)20)18(28)25-19-23-14-6-12(21)13(22)7-15(14)31-19/h3-8,16H,1-2H3,(H,24,27)(H,23,25,28). The Hall–Kier alpha value is -3.18. The van der Waals surface area contributed by atoms with Gasteiger partial charge in [-0.1, -0.05) is 36.8 Å². The molecule has 2 N–H and O–H groups in total. The van der Waals surface area contributed by atoms with Gasteiger partial charge in [0, 0.05) is 18.2 Å². The number of nitro benzene ring substituents is 1. The van der Waals surface area contributed by atoms with Gasteiger partial charge in [0.1, 0.15) is 6.04 Å². The van der Waals surface area contributed by atoms with Gasteiger partial charge >= 0.3 is 0 Å². The van der Waals surface area contributed by atoms with Gasteiger partial charge < -0.3 is 10.6 Å². The van der Waals surface area contributed by atoms with Crippen molar-refractivity contribution >= 4 is 55.8 Å². The first-order valence-electron chi connectivity index (χ1n) is 8.88. The molecule has 162 valence electrons. The van der Waals surface area contributed by atoms with Crippen LogP contribution in [-0.2, 0) is 4.79 Å². The van der Waals surface area contributed by atoms with Gasteiger partial charge in [0.25, 0.3) is 11.6 Å². The van der Waals surface area contributed by atoms with E-state index in [0.29, 0.717) is 4.70 Å². The third kappa shape index (κ3) is 4.94. The molecule has 12 heteroatoms. The number of nitro groups is 1. The van der Waals surface area contributed by atoms with E-state index in [1.54, 1.807) is 13.8 Å². The number of benzene rings is 2. The van der Waals surface area contributed by atoms with Crippen LogP contribution >= 0.6 is 22.9 Å². The minimum Gasteiger partial charge on any atom is -0.340 e. The maximum atomic E-state index is 13.4. The molecule has 0 bridgehead atoms. The molecule has 0 radical (unpaired) electrons. The molecule has 31 heavy (non-hydrogen) atoms. The summed E-state index contributed by atoms with van der Waals surface area (Å²) in [4.78, 5) is 39.5. The van der Waals surface area contributed by atoms with Gasteiger partial charge in [0.2, 0.25) is 5.91 Å². The van der Waals surface area contributed by atoms with Crippen LogP contribution in [0.3, 0.4) is 0 Å². The fourth-order valence-corrected chi connectivity index (χ4v) is 3.85. The van der Waals surface area contributed by atoms with Crippen LogP contribution in [0.2, 0.25) is 5.02 Å². The third-order valence-electron chi connectivity index (χ3n) is 4.30. The first-order chi connectivity index (χ1) is 14.6. The number of nitrogens with one attached hydrogen (secondary N) is 2. The number of carbonyl (C=O) groups is 2. The topological polar surface area (TPSA) is 114 Å². The number of anilines is 1. The predicted octanol–water partition coefficient (Wildman–Crippen LogP) is 4.53. The van der Waals surface area contributed by atoms with Crippen LogP contribution in [0.5, 0.6) is 0 Å². The zero-order valence-electron chi connectivity index (χ0n) is 16.1. The van der Waals surface area contributed by atoms with Crippen LogP contribution in [0.4, 0.5) is 19.6 Å². The number of fused-ring (bicyclic) bond motifs is 1. The SMILES string of the molecule is CC(C)C(NC(=O)c1ccc([N+](=O)[O-])cc1Cl)C(=O)Nc1nc2cc(F)c(F)cc2s1. The number of nitrogens with zero attached hydrogens (tertiary/aromatic N) is 2. The summed E-state index contributed by atoms with van der Waals surface area (Å²) in [5.41, 5.74) is -0.123. The highest BCUT2D eigenvalue weighted by atomic mass is 35.5. The van der Waals surface area contributed by atoms with Crippen molar-refractivity contribution in [2.45, 2.75) is 19.9 Å². The highest BCUT2D eigenvalue weighted by Crippen LogP contribution is 2.28. The van der Waals surface area contributed by atoms with Crippen molar-refractivity contribution in [1.29, 1.82) is 0 Å². The molecule has 0 fully saturated rings. The number of hydrogen-bond acceptors (Lipinski definition) is 6. The first-order valence-corrected chi connectivity index (χ1v) is 10.1. The molecule has 0 saturated heterocycles. The quantitative estimate of drug-likeness (QED) is 0.407. The Morgan fingerprint density at radius 1 is 1.19 bits per heavy atom. The summed E-state index contributed by atoms with van der Waals surface area (Å²) in [6.45, 7) is 3.40. The zero-order chi connectivity index (χ0) is 22.9. The molecule has 3 aromatic rings. The lowest BCUT2D eigenvalue weighted by Gasteiger charge is -2.21. The number of carbonyl (C=O) groups excluding carboxylic acids is 2. The van der Waals surface area contributed by atoms with E-state index in [2.05, 4.69) is 15.6 Å². The molecular formula is C19H15ClF2N4O4S. The van der Waals surface area contributed by atoms with E-state index < -0.39 is 34.4 Å². The molecule has 1 unspecified atom stereocenters. The Morgan fingerprint density at radius 3 is 2.48 bits per heavy atom. The highest BCUT2D eigenvalue weighted by molar-refractivity contribution is 7.22. The Labute approximate surface area is 183 Å². The van der Waals surface area contributed by atoms with Gasteiger partial charge in [-0.3, -0.25) is 19.7 Å². The summed E-state index contributed by atoms with van der Waals surface area (Å²) in [5.74, 6) is -3.71. The molecule has 0 saturated carbocycles. The van der Waals surface area contributed by atoms with Crippen molar-refractivity contribution < 1.29 is 23.3 Å². The number of rotatable bonds is 6. The van der Waals surface area contributed by atoms with Crippen LogP contribution in [0.1, 0.15) is 24.2 Å². The normalized spacial score (nSPS) is 12.1. The molecule has 1 aromatic heterocycles. The van der Waals surface area contributed by atoms with E-state index in [4.69, 9.17) is 11.6 Å². The van der Waals surface area contributed by atoms with Gasteiger partial charge in [-0.05, 0) is 18.1 Å². The van der Waals surface area contributed by atoms with E-state index in [9.17, 15) is 28.5 Å². The maximum Gasteiger partial charge on any atom is 0.270 e. The van der Waals surface area contributed by atoms with E-state index >= 15 is 0 Å². The maximum absolute atomic E-state index is 13.4.